The third-order valence-electron chi connectivity index (χ3n) is 7.25. The molecule has 2 aliphatic carbocycles. The topological polar surface area (TPSA) is 105 Å². The molecular formula is C28H34N2O5. The third-order valence-corrected chi connectivity index (χ3v) is 7.25. The maximum Gasteiger partial charge on any atom is 0.407 e. The van der Waals surface area contributed by atoms with Gasteiger partial charge >= 0.3 is 12.1 Å². The number of aliphatic carboxylic acids is 1. The first-order chi connectivity index (χ1) is 16.9. The van der Waals surface area contributed by atoms with E-state index >= 15 is 0 Å². The van der Waals surface area contributed by atoms with Crippen LogP contribution in [0.15, 0.2) is 48.5 Å². The normalized spacial score (nSPS) is 19.5. The lowest BCUT2D eigenvalue weighted by Crippen LogP contribution is -2.36. The van der Waals surface area contributed by atoms with Gasteiger partial charge < -0.3 is 20.5 Å². The van der Waals surface area contributed by atoms with Crippen LogP contribution in [0.1, 0.15) is 68.9 Å². The zero-order valence-corrected chi connectivity index (χ0v) is 20.2. The largest absolute Gasteiger partial charge is 0.481 e. The number of fused-ring (bicyclic) bond motifs is 3. The summed E-state index contributed by atoms with van der Waals surface area (Å²) in [6, 6.07) is 16.4. The van der Waals surface area contributed by atoms with Crippen LogP contribution in [0.25, 0.3) is 11.1 Å². The summed E-state index contributed by atoms with van der Waals surface area (Å²) in [7, 11) is 0. The molecule has 2 aromatic rings. The second-order valence-electron chi connectivity index (χ2n) is 9.66. The van der Waals surface area contributed by atoms with Gasteiger partial charge in [-0.1, -0.05) is 55.5 Å². The summed E-state index contributed by atoms with van der Waals surface area (Å²) < 4.78 is 5.65. The second kappa shape index (κ2) is 11.4. The zero-order chi connectivity index (χ0) is 24.8. The number of rotatable bonds is 10. The fraction of sp³-hybridized carbons (Fsp3) is 0.464. The molecule has 7 nitrogen and oxygen atoms in total. The van der Waals surface area contributed by atoms with Gasteiger partial charge in [0.05, 0.1) is 0 Å². The Morgan fingerprint density at radius 3 is 2.31 bits per heavy atom. The van der Waals surface area contributed by atoms with Gasteiger partial charge in [-0.2, -0.15) is 0 Å². The van der Waals surface area contributed by atoms with E-state index < -0.39 is 12.1 Å². The molecular weight excluding hydrogens is 444 g/mol. The van der Waals surface area contributed by atoms with Gasteiger partial charge in [0.15, 0.2) is 0 Å². The molecule has 1 saturated carbocycles. The quantitative estimate of drug-likeness (QED) is 0.453. The van der Waals surface area contributed by atoms with Crippen molar-refractivity contribution in [3.05, 3.63) is 59.7 Å². The molecule has 35 heavy (non-hydrogen) atoms. The van der Waals surface area contributed by atoms with Crippen molar-refractivity contribution in [2.45, 2.75) is 69.9 Å². The van der Waals surface area contributed by atoms with E-state index in [1.165, 1.54) is 22.3 Å². The molecule has 2 amide bonds. The minimum absolute atomic E-state index is 0.00238. The number of carbonyl (C=O) groups excluding carboxylic acids is 2. The molecule has 0 aliphatic heterocycles. The van der Waals surface area contributed by atoms with Crippen molar-refractivity contribution >= 4 is 18.0 Å². The first kappa shape index (κ1) is 24.8. The van der Waals surface area contributed by atoms with E-state index in [2.05, 4.69) is 34.9 Å². The number of hydrogen-bond donors (Lipinski definition) is 3. The Morgan fingerprint density at radius 2 is 1.69 bits per heavy atom. The first-order valence-electron chi connectivity index (χ1n) is 12.6. The van der Waals surface area contributed by atoms with E-state index in [9.17, 15) is 14.4 Å². The minimum atomic E-state index is -0.851. The number of amides is 2. The summed E-state index contributed by atoms with van der Waals surface area (Å²) in [6.45, 7) is 2.23. The average Bonchev–Trinajstić information content (AvgIpc) is 3.42. The molecule has 186 valence electrons. The van der Waals surface area contributed by atoms with Crippen molar-refractivity contribution in [2.75, 3.05) is 6.61 Å². The van der Waals surface area contributed by atoms with Crippen molar-refractivity contribution in [3.63, 3.8) is 0 Å². The summed E-state index contributed by atoms with van der Waals surface area (Å²) in [4.78, 5) is 35.8. The van der Waals surface area contributed by atoms with Crippen LogP contribution in [0.4, 0.5) is 4.79 Å². The highest BCUT2D eigenvalue weighted by atomic mass is 16.5. The Balaban J connectivity index is 1.22. The van der Waals surface area contributed by atoms with Gasteiger partial charge in [-0.25, -0.2) is 4.79 Å². The van der Waals surface area contributed by atoms with Crippen LogP contribution in [-0.2, 0) is 14.3 Å². The molecule has 3 atom stereocenters. The molecule has 0 radical (unpaired) electrons. The molecule has 0 spiro atoms. The summed E-state index contributed by atoms with van der Waals surface area (Å²) in [5.41, 5.74) is 4.76. The Hall–Kier alpha value is -3.35. The highest BCUT2D eigenvalue weighted by Gasteiger charge is 2.31. The first-order valence-corrected chi connectivity index (χ1v) is 12.6. The summed E-state index contributed by atoms with van der Waals surface area (Å²) >= 11 is 0. The van der Waals surface area contributed by atoms with Crippen molar-refractivity contribution in [3.8, 4) is 11.1 Å². The van der Waals surface area contributed by atoms with Gasteiger partial charge in [0.1, 0.15) is 6.61 Å². The molecule has 4 rings (SSSR count). The van der Waals surface area contributed by atoms with E-state index in [0.717, 1.165) is 19.3 Å². The number of hydrogen-bond acceptors (Lipinski definition) is 4. The maximum absolute atomic E-state index is 12.6. The fourth-order valence-corrected chi connectivity index (χ4v) is 5.42. The van der Waals surface area contributed by atoms with Crippen LogP contribution < -0.4 is 10.6 Å². The monoisotopic (exact) mass is 478 g/mol. The summed E-state index contributed by atoms with van der Waals surface area (Å²) in [5, 5.41) is 14.8. The second-order valence-corrected chi connectivity index (χ2v) is 9.66. The molecule has 0 aromatic heterocycles. The Labute approximate surface area is 206 Å². The van der Waals surface area contributed by atoms with E-state index in [-0.39, 0.29) is 42.9 Å². The number of carboxylic acid groups (broad SMARTS) is 1. The lowest BCUT2D eigenvalue weighted by atomic mass is 9.98. The van der Waals surface area contributed by atoms with Crippen molar-refractivity contribution in [2.24, 2.45) is 5.92 Å². The Kier molecular flexibility index (Phi) is 8.06. The predicted octanol–water partition coefficient (Wildman–Crippen LogP) is 4.84. The van der Waals surface area contributed by atoms with Gasteiger partial charge in [-0.05, 0) is 60.3 Å². The molecule has 1 fully saturated rings. The van der Waals surface area contributed by atoms with E-state index in [0.29, 0.717) is 19.3 Å². The number of benzene rings is 2. The number of carboxylic acids is 1. The third kappa shape index (κ3) is 6.21. The van der Waals surface area contributed by atoms with Crippen LogP contribution in [0.5, 0.6) is 0 Å². The average molecular weight is 479 g/mol. The molecule has 0 bridgehead atoms. The van der Waals surface area contributed by atoms with Crippen molar-refractivity contribution < 1.29 is 24.2 Å². The van der Waals surface area contributed by atoms with Gasteiger partial charge in [-0.15, -0.1) is 0 Å². The zero-order valence-electron chi connectivity index (χ0n) is 20.2. The standard InChI is InChI=1S/C28H34N2O5/c1-2-19(13-14-27(32)33)29-26(31)16-18-11-12-20(15-18)30-28(34)35-17-25-23-9-5-3-7-21(23)22-8-4-6-10-24(22)25/h3-10,18-20,25H,2,11-17H2,1H3,(H,29,31)(H,30,34)(H,32,33)/t18-,19?,20+/m1/s1. The number of alkyl carbamates (subject to hydrolysis) is 1. The van der Waals surface area contributed by atoms with Gasteiger partial charge in [0.2, 0.25) is 5.91 Å². The molecule has 3 N–H and O–H groups in total. The molecule has 0 saturated heterocycles. The van der Waals surface area contributed by atoms with Crippen LogP contribution in [0.2, 0.25) is 0 Å². The van der Waals surface area contributed by atoms with Crippen LogP contribution >= 0.6 is 0 Å². The summed E-state index contributed by atoms with van der Waals surface area (Å²) in [5.74, 6) is -0.670. The summed E-state index contributed by atoms with van der Waals surface area (Å²) in [6.07, 6.45) is 3.60. The highest BCUT2D eigenvalue weighted by molar-refractivity contribution is 5.79. The van der Waals surface area contributed by atoms with Crippen molar-refractivity contribution in [1.82, 2.24) is 10.6 Å². The van der Waals surface area contributed by atoms with Gasteiger partial charge in [0, 0.05) is 30.8 Å². The minimum Gasteiger partial charge on any atom is -0.481 e. The maximum atomic E-state index is 12.6. The molecule has 0 heterocycles. The molecule has 2 aliphatic rings. The molecule has 7 heteroatoms. The SMILES string of the molecule is CCC(CCC(=O)O)NC(=O)C[C@@H]1CC[C@H](NC(=O)OCC2c3ccccc3-c3ccccc32)C1. The molecule has 2 aromatic carbocycles. The van der Waals surface area contributed by atoms with Crippen molar-refractivity contribution in [1.29, 1.82) is 0 Å². The van der Waals surface area contributed by atoms with Crippen LogP contribution in [0, 0.1) is 5.92 Å². The van der Waals surface area contributed by atoms with E-state index in [4.69, 9.17) is 9.84 Å². The van der Waals surface area contributed by atoms with E-state index in [1.807, 2.05) is 31.2 Å². The van der Waals surface area contributed by atoms with Crippen LogP contribution in [0.3, 0.4) is 0 Å². The number of nitrogens with one attached hydrogen (secondary N) is 2. The smallest absolute Gasteiger partial charge is 0.407 e. The van der Waals surface area contributed by atoms with Gasteiger partial charge in [0.25, 0.3) is 0 Å². The number of ether oxygens (including phenoxy) is 1. The molecule has 1 unspecified atom stereocenters. The predicted molar refractivity (Wildman–Crippen MR) is 133 cm³/mol. The lowest BCUT2D eigenvalue weighted by Gasteiger charge is -2.18. The lowest BCUT2D eigenvalue weighted by molar-refractivity contribution is -0.137. The van der Waals surface area contributed by atoms with E-state index in [1.54, 1.807) is 0 Å². The van der Waals surface area contributed by atoms with Gasteiger partial charge in [-0.3, -0.25) is 9.59 Å². The fourth-order valence-electron chi connectivity index (χ4n) is 5.42. The Morgan fingerprint density at radius 1 is 1.03 bits per heavy atom. The highest BCUT2D eigenvalue weighted by Crippen LogP contribution is 2.44. The van der Waals surface area contributed by atoms with Crippen LogP contribution in [-0.4, -0.2) is 41.8 Å². The number of carbonyl (C=O) groups is 3. The Bertz CT molecular complexity index is 1020.